The molecule has 1 saturated carbocycles. The van der Waals surface area contributed by atoms with Crippen molar-refractivity contribution in [2.24, 2.45) is 5.92 Å². The largest absolute Gasteiger partial charge is 0.504 e. The maximum atomic E-state index is 13.6. The first-order valence-corrected chi connectivity index (χ1v) is 13.2. The first-order valence-electron chi connectivity index (χ1n) is 13.2. The van der Waals surface area contributed by atoms with Crippen LogP contribution >= 0.6 is 0 Å². The van der Waals surface area contributed by atoms with Crippen molar-refractivity contribution in [1.29, 1.82) is 0 Å². The average Bonchev–Trinajstić information content (AvgIpc) is 3.25. The fourth-order valence-corrected chi connectivity index (χ4v) is 7.09. The van der Waals surface area contributed by atoms with Gasteiger partial charge in [0.05, 0.1) is 11.0 Å². The van der Waals surface area contributed by atoms with Gasteiger partial charge in [-0.05, 0) is 56.2 Å². The van der Waals surface area contributed by atoms with Crippen molar-refractivity contribution >= 4 is 17.9 Å². The summed E-state index contributed by atoms with van der Waals surface area (Å²) in [6.07, 6.45) is 1.47. The molecule has 1 fully saturated rings. The third-order valence-corrected chi connectivity index (χ3v) is 8.71. The Hall–Kier alpha value is -3.85. The van der Waals surface area contributed by atoms with Crippen molar-refractivity contribution in [1.82, 2.24) is 0 Å². The summed E-state index contributed by atoms with van der Waals surface area (Å²) >= 11 is 0. The predicted octanol–water partition coefficient (Wildman–Crippen LogP) is 3.55. The second kappa shape index (κ2) is 9.12. The van der Waals surface area contributed by atoms with Crippen molar-refractivity contribution in [3.63, 3.8) is 0 Å². The molecule has 0 aromatic heterocycles. The second-order valence-electron chi connectivity index (χ2n) is 10.8. The van der Waals surface area contributed by atoms with E-state index >= 15 is 0 Å². The summed E-state index contributed by atoms with van der Waals surface area (Å²) in [6, 6.07) is 11.9. The molecule has 6 rings (SSSR count). The van der Waals surface area contributed by atoms with Gasteiger partial charge in [0, 0.05) is 18.1 Å². The van der Waals surface area contributed by atoms with Crippen LogP contribution in [-0.2, 0) is 40.4 Å². The standard InChI is InChI=1S/C30H30O9/c1-16(36-17(2)31)27(33)39-24(18-7-4-3-5-8-18)28(34)37-22-12-14-30(35)20-9-6-13-29(30)23-19(15-20)10-11-21(32)25(23)38-26(22)29/h3-5,7-8,10-12,16,20,24,26,32,35H,6,9,13-15H2,1-2H3/t16-,20+,24-,26-,29?,30+/m0/s1. The summed E-state index contributed by atoms with van der Waals surface area (Å²) in [7, 11) is 0. The number of carbonyl (C=O) groups excluding carboxylic acids is 3. The topological polar surface area (TPSA) is 129 Å². The van der Waals surface area contributed by atoms with E-state index in [2.05, 4.69) is 0 Å². The minimum atomic E-state index is -1.44. The molecule has 0 radical (unpaired) electrons. The lowest BCUT2D eigenvalue weighted by molar-refractivity contribution is -0.179. The van der Waals surface area contributed by atoms with E-state index in [1.807, 2.05) is 6.07 Å². The Morgan fingerprint density at radius 1 is 1.08 bits per heavy atom. The first kappa shape index (κ1) is 25.4. The number of rotatable bonds is 6. The van der Waals surface area contributed by atoms with E-state index in [9.17, 15) is 24.6 Å². The van der Waals surface area contributed by atoms with Crippen molar-refractivity contribution in [3.8, 4) is 11.5 Å². The van der Waals surface area contributed by atoms with Gasteiger partial charge < -0.3 is 29.2 Å². The molecule has 1 aliphatic heterocycles. The number of esters is 3. The zero-order valence-electron chi connectivity index (χ0n) is 21.7. The summed E-state index contributed by atoms with van der Waals surface area (Å²) in [4.78, 5) is 37.6. The van der Waals surface area contributed by atoms with Crippen LogP contribution in [0, 0.1) is 5.92 Å². The summed E-state index contributed by atoms with van der Waals surface area (Å²) in [6.45, 7) is 2.53. The molecule has 1 unspecified atom stereocenters. The minimum Gasteiger partial charge on any atom is -0.504 e. The number of phenolic OH excluding ortho intramolecular Hbond substituents is 1. The number of aliphatic hydroxyl groups is 1. The van der Waals surface area contributed by atoms with Crippen LogP contribution < -0.4 is 4.74 Å². The fourth-order valence-electron chi connectivity index (χ4n) is 7.09. The summed E-state index contributed by atoms with van der Waals surface area (Å²) in [5, 5.41) is 22.8. The normalized spacial score (nSPS) is 29.2. The van der Waals surface area contributed by atoms with Gasteiger partial charge >= 0.3 is 17.9 Å². The van der Waals surface area contributed by atoms with Gasteiger partial charge in [-0.25, -0.2) is 9.59 Å². The van der Waals surface area contributed by atoms with E-state index in [4.69, 9.17) is 18.9 Å². The van der Waals surface area contributed by atoms with Gasteiger partial charge in [-0.3, -0.25) is 4.79 Å². The molecule has 2 N–H and O–H groups in total. The van der Waals surface area contributed by atoms with Gasteiger partial charge in [0.2, 0.25) is 6.10 Å². The molecule has 204 valence electrons. The third-order valence-electron chi connectivity index (χ3n) is 8.71. The van der Waals surface area contributed by atoms with Gasteiger partial charge in [0.25, 0.3) is 0 Å². The molecule has 6 atom stereocenters. The Morgan fingerprint density at radius 3 is 2.59 bits per heavy atom. The highest BCUT2D eigenvalue weighted by Gasteiger charge is 2.71. The van der Waals surface area contributed by atoms with E-state index in [-0.39, 0.29) is 23.8 Å². The van der Waals surface area contributed by atoms with Gasteiger partial charge in [-0.1, -0.05) is 42.8 Å². The van der Waals surface area contributed by atoms with E-state index in [0.717, 1.165) is 24.0 Å². The molecule has 0 saturated heterocycles. The smallest absolute Gasteiger partial charge is 0.357 e. The van der Waals surface area contributed by atoms with E-state index < -0.39 is 47.2 Å². The predicted molar refractivity (Wildman–Crippen MR) is 135 cm³/mol. The number of aromatic hydroxyl groups is 1. The molecule has 39 heavy (non-hydrogen) atoms. The molecule has 2 aromatic rings. The lowest BCUT2D eigenvalue weighted by Gasteiger charge is -2.59. The molecule has 1 heterocycles. The van der Waals surface area contributed by atoms with Crippen molar-refractivity contribution in [2.75, 3.05) is 0 Å². The Balaban J connectivity index is 1.34. The highest BCUT2D eigenvalue weighted by molar-refractivity contribution is 5.84. The fraction of sp³-hybridized carbons (Fsp3) is 0.433. The van der Waals surface area contributed by atoms with Crippen LogP contribution in [0.2, 0.25) is 0 Å². The van der Waals surface area contributed by atoms with Crippen molar-refractivity contribution in [3.05, 3.63) is 71.0 Å². The number of phenols is 1. The van der Waals surface area contributed by atoms with E-state index in [1.165, 1.54) is 13.8 Å². The lowest BCUT2D eigenvalue weighted by atomic mass is 9.47. The van der Waals surface area contributed by atoms with Gasteiger partial charge in [0.1, 0.15) is 5.76 Å². The monoisotopic (exact) mass is 534 g/mol. The molecule has 2 bridgehead atoms. The minimum absolute atomic E-state index is 0.00892. The van der Waals surface area contributed by atoms with Gasteiger partial charge in [-0.15, -0.1) is 0 Å². The Labute approximate surface area is 225 Å². The molecule has 4 aliphatic rings. The SMILES string of the molecule is CC(=O)O[C@@H](C)C(=O)O[C@H](C(=O)OC1=CC[C@@]2(O)[C@@H]3CCCC24c2c(ccc(O)c2O[C@@H]14)C3)c1ccccc1. The molecule has 1 spiro atoms. The number of benzene rings is 2. The van der Waals surface area contributed by atoms with Crippen LogP contribution in [0.15, 0.2) is 54.3 Å². The van der Waals surface area contributed by atoms with Gasteiger partial charge in [-0.2, -0.15) is 0 Å². The zero-order chi connectivity index (χ0) is 27.5. The van der Waals surface area contributed by atoms with Gasteiger partial charge in [0.15, 0.2) is 23.7 Å². The van der Waals surface area contributed by atoms with Crippen LogP contribution in [0.5, 0.6) is 11.5 Å². The highest BCUT2D eigenvalue weighted by atomic mass is 16.6. The maximum Gasteiger partial charge on any atom is 0.357 e. The summed E-state index contributed by atoms with van der Waals surface area (Å²) in [5.74, 6) is -1.90. The molecule has 2 aromatic carbocycles. The van der Waals surface area contributed by atoms with E-state index in [0.29, 0.717) is 24.2 Å². The molecule has 9 nitrogen and oxygen atoms in total. The molecular weight excluding hydrogens is 504 g/mol. The number of carbonyl (C=O) groups is 3. The number of ether oxygens (including phenoxy) is 4. The number of hydrogen-bond donors (Lipinski definition) is 2. The zero-order valence-corrected chi connectivity index (χ0v) is 21.7. The highest BCUT2D eigenvalue weighted by Crippen LogP contribution is 2.67. The molecule has 3 aliphatic carbocycles. The quantitative estimate of drug-likeness (QED) is 0.422. The van der Waals surface area contributed by atoms with Crippen LogP contribution in [-0.4, -0.2) is 45.9 Å². The summed E-state index contributed by atoms with van der Waals surface area (Å²) < 4.78 is 22.6. The third kappa shape index (κ3) is 3.74. The van der Waals surface area contributed by atoms with Crippen LogP contribution in [0.4, 0.5) is 0 Å². The second-order valence-corrected chi connectivity index (χ2v) is 10.8. The number of hydrogen-bond acceptors (Lipinski definition) is 9. The van der Waals surface area contributed by atoms with Crippen LogP contribution in [0.1, 0.15) is 62.3 Å². The first-order chi connectivity index (χ1) is 18.7. The van der Waals surface area contributed by atoms with Crippen LogP contribution in [0.3, 0.4) is 0 Å². The van der Waals surface area contributed by atoms with Crippen LogP contribution in [0.25, 0.3) is 0 Å². The molecule has 9 heteroatoms. The van der Waals surface area contributed by atoms with E-state index in [1.54, 1.807) is 42.5 Å². The van der Waals surface area contributed by atoms with Crippen molar-refractivity contribution in [2.45, 2.75) is 75.3 Å². The lowest BCUT2D eigenvalue weighted by Crippen LogP contribution is -2.67. The maximum absolute atomic E-state index is 13.6. The Kier molecular flexibility index (Phi) is 5.95. The van der Waals surface area contributed by atoms with Crippen molar-refractivity contribution < 1.29 is 43.5 Å². The molecular formula is C30H30O9. The average molecular weight is 535 g/mol. The Morgan fingerprint density at radius 2 is 1.85 bits per heavy atom. The molecule has 0 amide bonds. The summed E-state index contributed by atoms with van der Waals surface area (Å²) in [5.41, 5.74) is 0.229. The Bertz CT molecular complexity index is 1380.